The first-order valence-corrected chi connectivity index (χ1v) is 4.29. The van der Waals surface area contributed by atoms with Gasteiger partial charge >= 0.3 is 0 Å². The molecule has 4 heteroatoms. The van der Waals surface area contributed by atoms with Crippen LogP contribution < -0.4 is 0 Å². The largest absolute Gasteiger partial charge is 0.321 e. The van der Waals surface area contributed by atoms with E-state index in [9.17, 15) is 13.6 Å². The maximum absolute atomic E-state index is 13.3. The van der Waals surface area contributed by atoms with Crippen molar-refractivity contribution in [2.24, 2.45) is 0 Å². The van der Waals surface area contributed by atoms with Gasteiger partial charge in [-0.25, -0.2) is 8.78 Å². The number of rotatable bonds is 2. The molecule has 2 rings (SSSR count). The smallest absolute Gasteiger partial charge is 0.151 e. The summed E-state index contributed by atoms with van der Waals surface area (Å²) in [5.74, 6) is -1.29. The lowest BCUT2D eigenvalue weighted by Crippen LogP contribution is -1.95. The molecule has 0 aliphatic rings. The normalized spacial score (nSPS) is 10.3. The lowest BCUT2D eigenvalue weighted by molar-refractivity contribution is 0.112. The van der Waals surface area contributed by atoms with Crippen molar-refractivity contribution in [2.75, 3.05) is 0 Å². The molecule has 0 saturated heterocycles. The van der Waals surface area contributed by atoms with E-state index in [1.54, 1.807) is 12.3 Å². The average molecular weight is 207 g/mol. The number of benzene rings is 1. The van der Waals surface area contributed by atoms with E-state index in [0.29, 0.717) is 11.8 Å². The topological polar surface area (TPSA) is 22.0 Å². The molecule has 1 aromatic carbocycles. The number of nitrogens with zero attached hydrogens (tertiary/aromatic N) is 1. The summed E-state index contributed by atoms with van der Waals surface area (Å²) in [5, 5.41) is 0. The number of aromatic nitrogens is 1. The Balaban J connectivity index is 2.49. The lowest BCUT2D eigenvalue weighted by atomic mass is 10.3. The van der Waals surface area contributed by atoms with Crippen LogP contribution in [0.2, 0.25) is 0 Å². The summed E-state index contributed by atoms with van der Waals surface area (Å²) in [4.78, 5) is 10.4. The van der Waals surface area contributed by atoms with Gasteiger partial charge in [0.1, 0.15) is 11.6 Å². The number of carbonyl (C=O) groups excluding carboxylic acids is 1. The van der Waals surface area contributed by atoms with Gasteiger partial charge in [-0.15, -0.1) is 0 Å². The van der Waals surface area contributed by atoms with Gasteiger partial charge in [-0.2, -0.15) is 0 Å². The van der Waals surface area contributed by atoms with Crippen molar-refractivity contribution in [1.82, 2.24) is 4.57 Å². The van der Waals surface area contributed by atoms with Gasteiger partial charge in [0.05, 0.1) is 5.69 Å². The van der Waals surface area contributed by atoms with Gasteiger partial charge in [-0.05, 0) is 18.2 Å². The van der Waals surface area contributed by atoms with Crippen molar-refractivity contribution in [3.8, 4) is 5.69 Å². The third-order valence-electron chi connectivity index (χ3n) is 2.04. The number of hydrogen-bond acceptors (Lipinski definition) is 1. The Labute approximate surface area is 84.8 Å². The van der Waals surface area contributed by atoms with E-state index in [0.717, 1.165) is 6.07 Å². The maximum Gasteiger partial charge on any atom is 0.151 e. The van der Waals surface area contributed by atoms with E-state index in [2.05, 4.69) is 0 Å². The second-order valence-electron chi connectivity index (χ2n) is 3.07. The summed E-state index contributed by atoms with van der Waals surface area (Å²) in [6.45, 7) is 0. The third-order valence-corrected chi connectivity index (χ3v) is 2.04. The van der Waals surface area contributed by atoms with E-state index in [4.69, 9.17) is 0 Å². The Kier molecular flexibility index (Phi) is 2.33. The lowest BCUT2D eigenvalue weighted by Gasteiger charge is -2.03. The molecule has 0 bridgehead atoms. The highest BCUT2D eigenvalue weighted by atomic mass is 19.1. The van der Waals surface area contributed by atoms with E-state index >= 15 is 0 Å². The van der Waals surface area contributed by atoms with Gasteiger partial charge in [0, 0.05) is 24.0 Å². The summed E-state index contributed by atoms with van der Waals surface area (Å²) in [6, 6.07) is 4.84. The fraction of sp³-hybridized carbons (Fsp3) is 0. The highest BCUT2D eigenvalue weighted by Crippen LogP contribution is 2.15. The molecule has 0 spiro atoms. The van der Waals surface area contributed by atoms with E-state index in [1.807, 2.05) is 0 Å². The molecule has 2 nitrogen and oxygen atoms in total. The Morgan fingerprint density at radius 3 is 2.60 bits per heavy atom. The highest BCUT2D eigenvalue weighted by Gasteiger charge is 2.05. The van der Waals surface area contributed by atoms with Crippen molar-refractivity contribution in [2.45, 2.75) is 0 Å². The number of hydrogen-bond donors (Lipinski definition) is 0. The van der Waals surface area contributed by atoms with Crippen LogP contribution in [0.15, 0.2) is 36.7 Å². The first-order valence-electron chi connectivity index (χ1n) is 4.29. The SMILES string of the molecule is O=Cc1ccn(-c2ccc(F)cc2F)c1. The van der Waals surface area contributed by atoms with E-state index in [1.165, 1.54) is 22.9 Å². The van der Waals surface area contributed by atoms with Crippen LogP contribution in [-0.2, 0) is 0 Å². The molecule has 0 unspecified atom stereocenters. The van der Waals surface area contributed by atoms with Gasteiger partial charge in [0.25, 0.3) is 0 Å². The Hall–Kier alpha value is -1.97. The predicted octanol–water partition coefficient (Wildman–Crippen LogP) is 2.57. The molecule has 0 aliphatic carbocycles. The summed E-state index contributed by atoms with van der Waals surface area (Å²) in [5.41, 5.74) is 0.656. The average Bonchev–Trinajstić information content (AvgIpc) is 2.66. The van der Waals surface area contributed by atoms with Crippen molar-refractivity contribution < 1.29 is 13.6 Å². The van der Waals surface area contributed by atoms with Gasteiger partial charge in [-0.1, -0.05) is 0 Å². The zero-order chi connectivity index (χ0) is 10.8. The molecule has 1 aromatic heterocycles. The molecule has 0 fully saturated rings. The van der Waals surface area contributed by atoms with Crippen LogP contribution in [-0.4, -0.2) is 10.9 Å². The summed E-state index contributed by atoms with van der Waals surface area (Å²) in [7, 11) is 0. The van der Waals surface area contributed by atoms with Crippen LogP contribution in [0.3, 0.4) is 0 Å². The van der Waals surface area contributed by atoms with Crippen LogP contribution in [0.5, 0.6) is 0 Å². The molecular formula is C11H7F2NO. The number of carbonyl (C=O) groups is 1. The minimum atomic E-state index is -0.664. The van der Waals surface area contributed by atoms with Crippen molar-refractivity contribution in [3.63, 3.8) is 0 Å². The first kappa shape index (κ1) is 9.58. The van der Waals surface area contributed by atoms with E-state index < -0.39 is 11.6 Å². The predicted molar refractivity (Wildman–Crippen MR) is 51.1 cm³/mol. The number of halogens is 2. The van der Waals surface area contributed by atoms with Crippen molar-refractivity contribution in [1.29, 1.82) is 0 Å². The van der Waals surface area contributed by atoms with E-state index in [-0.39, 0.29) is 5.69 Å². The fourth-order valence-corrected chi connectivity index (χ4v) is 1.32. The second kappa shape index (κ2) is 3.65. The Morgan fingerprint density at radius 2 is 2.00 bits per heavy atom. The molecule has 0 atom stereocenters. The molecule has 2 aromatic rings. The van der Waals surface area contributed by atoms with Gasteiger partial charge in [-0.3, -0.25) is 4.79 Å². The standard InChI is InChI=1S/C11H7F2NO/c12-9-1-2-11(10(13)5-9)14-4-3-8(6-14)7-15/h1-7H. The Bertz CT molecular complexity index is 505. The number of aldehydes is 1. The molecule has 0 amide bonds. The molecule has 15 heavy (non-hydrogen) atoms. The zero-order valence-corrected chi connectivity index (χ0v) is 7.65. The Morgan fingerprint density at radius 1 is 1.20 bits per heavy atom. The molecule has 0 aliphatic heterocycles. The summed E-state index contributed by atoms with van der Waals surface area (Å²) < 4.78 is 27.4. The quantitative estimate of drug-likeness (QED) is 0.693. The monoisotopic (exact) mass is 207 g/mol. The van der Waals surface area contributed by atoms with Crippen LogP contribution >= 0.6 is 0 Å². The van der Waals surface area contributed by atoms with Crippen LogP contribution in [0.25, 0.3) is 5.69 Å². The second-order valence-corrected chi connectivity index (χ2v) is 3.07. The van der Waals surface area contributed by atoms with Gasteiger partial charge in [0.2, 0.25) is 0 Å². The fourth-order valence-electron chi connectivity index (χ4n) is 1.32. The molecule has 76 valence electrons. The highest BCUT2D eigenvalue weighted by molar-refractivity contribution is 5.74. The minimum Gasteiger partial charge on any atom is -0.321 e. The van der Waals surface area contributed by atoms with Gasteiger partial charge in [0.15, 0.2) is 6.29 Å². The van der Waals surface area contributed by atoms with Crippen LogP contribution in [0.4, 0.5) is 8.78 Å². The zero-order valence-electron chi connectivity index (χ0n) is 7.65. The van der Waals surface area contributed by atoms with Crippen LogP contribution in [0, 0.1) is 11.6 Å². The third kappa shape index (κ3) is 1.79. The molecule has 0 saturated carbocycles. The van der Waals surface area contributed by atoms with Gasteiger partial charge < -0.3 is 4.57 Å². The maximum atomic E-state index is 13.3. The first-order chi connectivity index (χ1) is 7.20. The van der Waals surface area contributed by atoms with Crippen molar-refractivity contribution in [3.05, 3.63) is 53.9 Å². The summed E-state index contributed by atoms with van der Waals surface area (Å²) >= 11 is 0. The molecular weight excluding hydrogens is 200 g/mol. The summed E-state index contributed by atoms with van der Waals surface area (Å²) in [6.07, 6.45) is 3.68. The van der Waals surface area contributed by atoms with Crippen LogP contribution in [0.1, 0.15) is 10.4 Å². The minimum absolute atomic E-state index is 0.213. The molecule has 0 N–H and O–H groups in total. The van der Waals surface area contributed by atoms with Crippen molar-refractivity contribution >= 4 is 6.29 Å². The molecule has 1 heterocycles. The molecule has 0 radical (unpaired) electrons.